The van der Waals surface area contributed by atoms with E-state index in [1.807, 2.05) is 6.92 Å². The molecule has 1 aromatic carbocycles. The largest absolute Gasteiger partial charge is 0.493 e. The number of hydrogen-bond acceptors (Lipinski definition) is 5. The van der Waals surface area contributed by atoms with Crippen molar-refractivity contribution in [2.75, 3.05) is 26.1 Å². The third kappa shape index (κ3) is 2.58. The summed E-state index contributed by atoms with van der Waals surface area (Å²) in [4.78, 5) is 15.8. The predicted molar refractivity (Wildman–Crippen MR) is 79.3 cm³/mol. The highest BCUT2D eigenvalue weighted by atomic mass is 16.5. The minimum absolute atomic E-state index is 0.512. The molecule has 1 heterocycles. The Balaban J connectivity index is 2.72. The number of carboxylic acids is 1. The molecule has 0 radical (unpaired) electrons. The summed E-state index contributed by atoms with van der Waals surface area (Å²) in [5.41, 5.74) is 1.33. The minimum Gasteiger partial charge on any atom is -0.493 e. The Hall–Kier alpha value is -2.44. The maximum Gasteiger partial charge on any atom is 0.326 e. The molecule has 7 heteroatoms. The van der Waals surface area contributed by atoms with Crippen LogP contribution in [0.4, 0.5) is 5.95 Å². The monoisotopic (exact) mass is 293 g/mol. The van der Waals surface area contributed by atoms with Gasteiger partial charge in [-0.05, 0) is 13.8 Å². The molecule has 0 saturated carbocycles. The standard InChI is InChI=1S/C14H19N3O4/c1-5-15-14-16-9-6-11(20-3)12(21-4)7-10(9)17(14)8(2)13(18)19/h6-8H,5H2,1-4H3,(H,15,16)(H,18,19). The maximum atomic E-state index is 11.3. The summed E-state index contributed by atoms with van der Waals surface area (Å²) in [6.45, 7) is 4.18. The van der Waals surface area contributed by atoms with Gasteiger partial charge in [-0.3, -0.25) is 4.57 Å². The van der Waals surface area contributed by atoms with Crippen molar-refractivity contribution in [1.29, 1.82) is 0 Å². The molecule has 0 saturated heterocycles. The first-order valence-corrected chi connectivity index (χ1v) is 6.64. The smallest absolute Gasteiger partial charge is 0.326 e. The highest BCUT2D eigenvalue weighted by Crippen LogP contribution is 2.34. The van der Waals surface area contributed by atoms with Gasteiger partial charge in [0, 0.05) is 18.7 Å². The summed E-state index contributed by atoms with van der Waals surface area (Å²) in [6, 6.07) is 2.73. The van der Waals surface area contributed by atoms with E-state index in [1.165, 1.54) is 7.11 Å². The van der Waals surface area contributed by atoms with E-state index in [-0.39, 0.29) is 0 Å². The fraction of sp³-hybridized carbons (Fsp3) is 0.429. The Labute approximate surface area is 122 Å². The van der Waals surface area contributed by atoms with Gasteiger partial charge >= 0.3 is 5.97 Å². The van der Waals surface area contributed by atoms with E-state index in [2.05, 4.69) is 10.3 Å². The number of carboxylic acid groups (broad SMARTS) is 1. The highest BCUT2D eigenvalue weighted by Gasteiger charge is 2.22. The molecular formula is C14H19N3O4. The number of aromatic nitrogens is 2. The fourth-order valence-corrected chi connectivity index (χ4v) is 2.21. The molecule has 1 aromatic heterocycles. The van der Waals surface area contributed by atoms with Crippen molar-refractivity contribution in [2.24, 2.45) is 0 Å². The van der Waals surface area contributed by atoms with E-state index in [1.54, 1.807) is 30.7 Å². The number of benzene rings is 1. The second kappa shape index (κ2) is 5.90. The number of fused-ring (bicyclic) bond motifs is 1. The number of methoxy groups -OCH3 is 2. The van der Waals surface area contributed by atoms with Gasteiger partial charge in [-0.2, -0.15) is 0 Å². The van der Waals surface area contributed by atoms with Crippen molar-refractivity contribution in [2.45, 2.75) is 19.9 Å². The minimum atomic E-state index is -0.928. The lowest BCUT2D eigenvalue weighted by molar-refractivity contribution is -0.140. The van der Waals surface area contributed by atoms with Crippen molar-refractivity contribution in [3.05, 3.63) is 12.1 Å². The molecule has 2 rings (SSSR count). The number of aliphatic carboxylic acids is 1. The quantitative estimate of drug-likeness (QED) is 0.848. The van der Waals surface area contributed by atoms with Crippen LogP contribution in [0.3, 0.4) is 0 Å². The molecule has 0 aliphatic rings. The first-order chi connectivity index (χ1) is 10.0. The van der Waals surface area contributed by atoms with Crippen LogP contribution >= 0.6 is 0 Å². The number of anilines is 1. The van der Waals surface area contributed by atoms with Crippen LogP contribution in [0, 0.1) is 0 Å². The summed E-state index contributed by atoms with van der Waals surface area (Å²) in [5.74, 6) is 0.674. The van der Waals surface area contributed by atoms with E-state index < -0.39 is 12.0 Å². The number of nitrogens with zero attached hydrogens (tertiary/aromatic N) is 2. The van der Waals surface area contributed by atoms with E-state index >= 15 is 0 Å². The molecule has 2 aromatic rings. The van der Waals surface area contributed by atoms with E-state index in [4.69, 9.17) is 9.47 Å². The summed E-state index contributed by atoms with van der Waals surface area (Å²) in [5, 5.41) is 12.4. The molecule has 0 spiro atoms. The van der Waals surface area contributed by atoms with Crippen LogP contribution in [0.2, 0.25) is 0 Å². The Kier molecular flexibility index (Phi) is 4.21. The zero-order valence-corrected chi connectivity index (χ0v) is 12.5. The van der Waals surface area contributed by atoms with Crippen LogP contribution in [0.25, 0.3) is 11.0 Å². The lowest BCUT2D eigenvalue weighted by Gasteiger charge is -2.14. The van der Waals surface area contributed by atoms with Crippen molar-refractivity contribution < 1.29 is 19.4 Å². The molecule has 0 aliphatic carbocycles. The molecule has 114 valence electrons. The Morgan fingerprint density at radius 2 is 2.00 bits per heavy atom. The van der Waals surface area contributed by atoms with Gasteiger partial charge in [-0.25, -0.2) is 9.78 Å². The summed E-state index contributed by atoms with van der Waals surface area (Å²) in [7, 11) is 3.09. The fourth-order valence-electron chi connectivity index (χ4n) is 2.21. The molecule has 1 unspecified atom stereocenters. The third-order valence-corrected chi connectivity index (χ3v) is 3.27. The van der Waals surface area contributed by atoms with Gasteiger partial charge in [-0.1, -0.05) is 0 Å². The molecule has 0 fully saturated rings. The lowest BCUT2D eigenvalue weighted by atomic mass is 10.2. The zero-order valence-electron chi connectivity index (χ0n) is 12.5. The van der Waals surface area contributed by atoms with Gasteiger partial charge in [-0.15, -0.1) is 0 Å². The Bertz CT molecular complexity index is 666. The molecule has 0 bridgehead atoms. The van der Waals surface area contributed by atoms with Gasteiger partial charge in [0.25, 0.3) is 0 Å². The van der Waals surface area contributed by atoms with Gasteiger partial charge in [0.15, 0.2) is 11.5 Å². The molecule has 0 aliphatic heterocycles. The van der Waals surface area contributed by atoms with E-state index in [0.29, 0.717) is 35.0 Å². The average molecular weight is 293 g/mol. The number of imidazole rings is 1. The van der Waals surface area contributed by atoms with Crippen LogP contribution < -0.4 is 14.8 Å². The second-order valence-corrected chi connectivity index (χ2v) is 4.55. The van der Waals surface area contributed by atoms with Crippen molar-refractivity contribution >= 4 is 23.0 Å². The van der Waals surface area contributed by atoms with Crippen LogP contribution in [-0.4, -0.2) is 41.4 Å². The van der Waals surface area contributed by atoms with Crippen LogP contribution in [0.1, 0.15) is 19.9 Å². The number of ether oxygens (including phenoxy) is 2. The third-order valence-electron chi connectivity index (χ3n) is 3.27. The first kappa shape index (κ1) is 15.0. The molecule has 1 atom stereocenters. The number of hydrogen-bond donors (Lipinski definition) is 2. The van der Waals surface area contributed by atoms with Crippen molar-refractivity contribution in [3.63, 3.8) is 0 Å². The zero-order chi connectivity index (χ0) is 15.6. The Morgan fingerprint density at radius 3 is 2.52 bits per heavy atom. The number of rotatable bonds is 6. The Morgan fingerprint density at radius 1 is 1.38 bits per heavy atom. The summed E-state index contributed by atoms with van der Waals surface area (Å²) in [6.07, 6.45) is 0. The second-order valence-electron chi connectivity index (χ2n) is 4.55. The van der Waals surface area contributed by atoms with Crippen LogP contribution in [0.5, 0.6) is 11.5 Å². The molecule has 0 amide bonds. The van der Waals surface area contributed by atoms with Crippen LogP contribution in [0.15, 0.2) is 12.1 Å². The summed E-state index contributed by atoms with van der Waals surface area (Å²) >= 11 is 0. The lowest BCUT2D eigenvalue weighted by Crippen LogP contribution is -2.18. The van der Waals surface area contributed by atoms with Gasteiger partial charge in [0.2, 0.25) is 5.95 Å². The predicted octanol–water partition coefficient (Wildman–Crippen LogP) is 2.13. The summed E-state index contributed by atoms with van der Waals surface area (Å²) < 4.78 is 12.2. The van der Waals surface area contributed by atoms with Gasteiger partial charge in [0.1, 0.15) is 6.04 Å². The molecule has 2 N–H and O–H groups in total. The average Bonchev–Trinajstić information content (AvgIpc) is 2.81. The van der Waals surface area contributed by atoms with Gasteiger partial charge < -0.3 is 19.9 Å². The van der Waals surface area contributed by atoms with E-state index in [9.17, 15) is 9.90 Å². The normalized spacial score (nSPS) is 12.2. The topological polar surface area (TPSA) is 85.6 Å². The molecular weight excluding hydrogens is 274 g/mol. The maximum absolute atomic E-state index is 11.3. The number of carbonyl (C=O) groups is 1. The van der Waals surface area contributed by atoms with Crippen molar-refractivity contribution in [1.82, 2.24) is 9.55 Å². The van der Waals surface area contributed by atoms with E-state index in [0.717, 1.165) is 0 Å². The molecule has 21 heavy (non-hydrogen) atoms. The number of nitrogens with one attached hydrogen (secondary N) is 1. The SMILES string of the molecule is CCNc1nc2cc(OC)c(OC)cc2n1C(C)C(=O)O. The first-order valence-electron chi connectivity index (χ1n) is 6.64. The molecule has 7 nitrogen and oxygen atoms in total. The highest BCUT2D eigenvalue weighted by molar-refractivity contribution is 5.85. The van der Waals surface area contributed by atoms with Gasteiger partial charge in [0.05, 0.1) is 25.3 Å². The van der Waals surface area contributed by atoms with Crippen molar-refractivity contribution in [3.8, 4) is 11.5 Å². The van der Waals surface area contributed by atoms with Crippen LogP contribution in [-0.2, 0) is 4.79 Å².